The highest BCUT2D eigenvalue weighted by molar-refractivity contribution is 7.80. The molecule has 0 saturated heterocycles. The van der Waals surface area contributed by atoms with Crippen LogP contribution in [0.4, 0.5) is 5.82 Å². The summed E-state index contributed by atoms with van der Waals surface area (Å²) >= 11 is 5.01. The van der Waals surface area contributed by atoms with Gasteiger partial charge in [0.25, 0.3) is 0 Å². The Bertz CT molecular complexity index is 473. The van der Waals surface area contributed by atoms with E-state index in [0.29, 0.717) is 11.0 Å². The number of nitrogens with two attached hydrogens (primary N) is 1. The first-order valence-corrected chi connectivity index (χ1v) is 7.88. The molecule has 0 bridgehead atoms. The summed E-state index contributed by atoms with van der Waals surface area (Å²) in [5.74, 6) is 1.09. The third-order valence-electron chi connectivity index (χ3n) is 3.85. The van der Waals surface area contributed by atoms with Crippen molar-refractivity contribution in [3.05, 3.63) is 17.6 Å². The fourth-order valence-electron chi connectivity index (χ4n) is 2.77. The molecule has 4 nitrogen and oxygen atoms in total. The molecule has 0 atom stereocenters. The Morgan fingerprint density at radius 1 is 1.30 bits per heavy atom. The Balaban J connectivity index is 2.30. The minimum Gasteiger partial charge on any atom is -0.393 e. The highest BCUT2D eigenvalue weighted by Gasteiger charge is 2.20. The molecule has 0 unspecified atom stereocenters. The molecule has 0 spiro atoms. The van der Waals surface area contributed by atoms with Crippen LogP contribution >= 0.6 is 12.2 Å². The standard InChI is InChI=1S/C15H24N4S/c1-11(2)19(9-8-14(16)20)15-12-6-4-3-5-7-13(12)17-10-18-15/h10-11H,3-9H2,1-2H3,(H2,16,20). The first-order chi connectivity index (χ1) is 9.59. The van der Waals surface area contributed by atoms with Crippen molar-refractivity contribution >= 4 is 23.0 Å². The number of hydrogen-bond donors (Lipinski definition) is 1. The van der Waals surface area contributed by atoms with Gasteiger partial charge in [-0.2, -0.15) is 0 Å². The van der Waals surface area contributed by atoms with E-state index in [-0.39, 0.29) is 0 Å². The summed E-state index contributed by atoms with van der Waals surface area (Å²) in [6.45, 7) is 5.20. The van der Waals surface area contributed by atoms with Gasteiger partial charge in [-0.25, -0.2) is 9.97 Å². The highest BCUT2D eigenvalue weighted by Crippen LogP contribution is 2.27. The van der Waals surface area contributed by atoms with Crippen LogP contribution in [0.3, 0.4) is 0 Å². The van der Waals surface area contributed by atoms with Gasteiger partial charge in [-0.15, -0.1) is 0 Å². The van der Waals surface area contributed by atoms with Crippen LogP contribution in [0.1, 0.15) is 50.8 Å². The molecule has 5 heteroatoms. The Morgan fingerprint density at radius 3 is 2.75 bits per heavy atom. The lowest BCUT2D eigenvalue weighted by Gasteiger charge is -2.30. The van der Waals surface area contributed by atoms with Crippen LogP contribution in [-0.2, 0) is 12.8 Å². The topological polar surface area (TPSA) is 55.0 Å². The fraction of sp³-hybridized carbons (Fsp3) is 0.667. The average molecular weight is 292 g/mol. The van der Waals surface area contributed by atoms with Crippen LogP contribution in [0.2, 0.25) is 0 Å². The van der Waals surface area contributed by atoms with Crippen molar-refractivity contribution in [2.24, 2.45) is 5.73 Å². The van der Waals surface area contributed by atoms with E-state index >= 15 is 0 Å². The summed E-state index contributed by atoms with van der Waals surface area (Å²) in [6.07, 6.45) is 8.34. The largest absolute Gasteiger partial charge is 0.393 e. The average Bonchev–Trinajstić information content (AvgIpc) is 2.63. The summed E-state index contributed by atoms with van der Waals surface area (Å²) < 4.78 is 0. The van der Waals surface area contributed by atoms with Crippen LogP contribution in [0, 0.1) is 0 Å². The maximum absolute atomic E-state index is 5.65. The zero-order valence-electron chi connectivity index (χ0n) is 12.4. The number of anilines is 1. The molecule has 0 aromatic carbocycles. The molecule has 110 valence electrons. The van der Waals surface area contributed by atoms with Crippen molar-refractivity contribution in [2.45, 2.75) is 58.4 Å². The molecule has 1 aromatic heterocycles. The van der Waals surface area contributed by atoms with E-state index < -0.39 is 0 Å². The van der Waals surface area contributed by atoms with Gasteiger partial charge in [0.05, 0.1) is 4.99 Å². The van der Waals surface area contributed by atoms with Gasteiger partial charge in [0.15, 0.2) is 0 Å². The predicted octanol–water partition coefficient (Wildman–Crippen LogP) is 2.64. The van der Waals surface area contributed by atoms with Crippen LogP contribution in [0.5, 0.6) is 0 Å². The molecule has 20 heavy (non-hydrogen) atoms. The van der Waals surface area contributed by atoms with Crippen molar-refractivity contribution < 1.29 is 0 Å². The van der Waals surface area contributed by atoms with Crippen LogP contribution in [0.15, 0.2) is 6.33 Å². The van der Waals surface area contributed by atoms with Gasteiger partial charge in [-0.1, -0.05) is 18.6 Å². The number of rotatable bonds is 5. The fourth-order valence-corrected chi connectivity index (χ4v) is 2.86. The minimum absolute atomic E-state index is 0.381. The van der Waals surface area contributed by atoms with E-state index in [1.54, 1.807) is 6.33 Å². The Hall–Kier alpha value is -1.23. The van der Waals surface area contributed by atoms with Gasteiger partial charge >= 0.3 is 0 Å². The maximum Gasteiger partial charge on any atom is 0.135 e. The molecule has 0 saturated carbocycles. The Labute approximate surface area is 126 Å². The third-order valence-corrected chi connectivity index (χ3v) is 4.05. The van der Waals surface area contributed by atoms with Crippen molar-refractivity contribution in [1.29, 1.82) is 0 Å². The van der Waals surface area contributed by atoms with E-state index in [0.717, 1.165) is 31.6 Å². The van der Waals surface area contributed by atoms with E-state index in [4.69, 9.17) is 18.0 Å². The molecular formula is C15H24N4S. The molecular weight excluding hydrogens is 268 g/mol. The SMILES string of the molecule is CC(C)N(CCC(N)=S)c1ncnc2c1CCCCC2. The number of aryl methyl sites for hydroxylation is 1. The monoisotopic (exact) mass is 292 g/mol. The molecule has 1 aliphatic rings. The first-order valence-electron chi connectivity index (χ1n) is 7.47. The Morgan fingerprint density at radius 2 is 2.05 bits per heavy atom. The molecule has 0 fully saturated rings. The van der Waals surface area contributed by atoms with Gasteiger partial charge < -0.3 is 10.6 Å². The van der Waals surface area contributed by atoms with Gasteiger partial charge in [0.1, 0.15) is 12.1 Å². The number of hydrogen-bond acceptors (Lipinski definition) is 4. The lowest BCUT2D eigenvalue weighted by molar-refractivity contribution is 0.670. The zero-order valence-corrected chi connectivity index (χ0v) is 13.2. The molecule has 0 radical (unpaired) electrons. The van der Waals surface area contributed by atoms with Crippen molar-refractivity contribution in [1.82, 2.24) is 9.97 Å². The molecule has 2 N–H and O–H groups in total. The summed E-state index contributed by atoms with van der Waals surface area (Å²) in [6, 6.07) is 0.381. The Kier molecular flexibility index (Phi) is 5.29. The van der Waals surface area contributed by atoms with Crippen LogP contribution < -0.4 is 10.6 Å². The smallest absolute Gasteiger partial charge is 0.135 e. The second-order valence-corrected chi connectivity index (χ2v) is 6.21. The third kappa shape index (κ3) is 3.66. The zero-order chi connectivity index (χ0) is 14.5. The van der Waals surface area contributed by atoms with Gasteiger partial charge in [0.2, 0.25) is 0 Å². The minimum atomic E-state index is 0.381. The summed E-state index contributed by atoms with van der Waals surface area (Å²) in [7, 11) is 0. The maximum atomic E-state index is 5.65. The van der Waals surface area contributed by atoms with E-state index in [1.807, 2.05) is 0 Å². The second-order valence-electron chi connectivity index (χ2n) is 5.69. The lowest BCUT2D eigenvalue weighted by atomic mass is 10.1. The van der Waals surface area contributed by atoms with Crippen molar-refractivity contribution in [3.63, 3.8) is 0 Å². The van der Waals surface area contributed by atoms with Gasteiger partial charge in [-0.05, 0) is 39.5 Å². The number of thiocarbonyl (C=S) groups is 1. The van der Waals surface area contributed by atoms with Gasteiger partial charge in [-0.3, -0.25) is 0 Å². The number of fused-ring (bicyclic) bond motifs is 1. The molecule has 1 aromatic rings. The molecule has 2 rings (SSSR count). The van der Waals surface area contributed by atoms with Crippen LogP contribution in [-0.4, -0.2) is 27.5 Å². The summed E-state index contributed by atoms with van der Waals surface area (Å²) in [5.41, 5.74) is 8.22. The molecule has 1 aliphatic carbocycles. The van der Waals surface area contributed by atoms with E-state index in [9.17, 15) is 0 Å². The summed E-state index contributed by atoms with van der Waals surface area (Å²) in [4.78, 5) is 11.9. The van der Waals surface area contributed by atoms with E-state index in [2.05, 4.69) is 28.7 Å². The van der Waals surface area contributed by atoms with Gasteiger partial charge in [0, 0.05) is 30.3 Å². The molecule has 0 amide bonds. The number of aromatic nitrogens is 2. The predicted molar refractivity (Wildman–Crippen MR) is 87.2 cm³/mol. The van der Waals surface area contributed by atoms with Crippen molar-refractivity contribution in [3.8, 4) is 0 Å². The quantitative estimate of drug-likeness (QED) is 0.668. The molecule has 1 heterocycles. The highest BCUT2D eigenvalue weighted by atomic mass is 32.1. The first kappa shape index (κ1) is 15.2. The van der Waals surface area contributed by atoms with Crippen LogP contribution in [0.25, 0.3) is 0 Å². The lowest BCUT2D eigenvalue weighted by Crippen LogP contribution is -2.35. The molecule has 0 aliphatic heterocycles. The second kappa shape index (κ2) is 6.97. The normalized spacial score (nSPS) is 14.8. The summed E-state index contributed by atoms with van der Waals surface area (Å²) in [5, 5.41) is 0. The number of nitrogens with zero attached hydrogens (tertiary/aromatic N) is 3. The van der Waals surface area contributed by atoms with E-state index in [1.165, 1.54) is 30.5 Å². The van der Waals surface area contributed by atoms with Crippen molar-refractivity contribution in [2.75, 3.05) is 11.4 Å².